The van der Waals surface area contributed by atoms with Gasteiger partial charge < -0.3 is 9.94 Å². The highest BCUT2D eigenvalue weighted by atomic mass is 35.5. The smallest absolute Gasteiger partial charge is 0.416 e. The van der Waals surface area contributed by atoms with Crippen molar-refractivity contribution in [2.45, 2.75) is 45.1 Å². The number of alkyl halides is 3. The van der Waals surface area contributed by atoms with Gasteiger partial charge in [0.1, 0.15) is 11.2 Å². The second kappa shape index (κ2) is 5.81. The SMILES string of the molecule is CC1(C)OC(C)(C)c2c1nnc(-c1cccc(C(F)(F)F)c1)[n+]2[O-].Cl. The normalized spacial score (nSPS) is 17.7. The Hall–Kier alpha value is -1.93. The van der Waals surface area contributed by atoms with Crippen molar-refractivity contribution in [1.29, 1.82) is 0 Å². The molecule has 2 aromatic rings. The Labute approximate surface area is 148 Å². The molecule has 0 saturated heterocycles. The van der Waals surface area contributed by atoms with Crippen molar-refractivity contribution in [2.75, 3.05) is 0 Å². The van der Waals surface area contributed by atoms with Gasteiger partial charge in [0, 0.05) is 0 Å². The van der Waals surface area contributed by atoms with E-state index in [4.69, 9.17) is 4.74 Å². The van der Waals surface area contributed by atoms with Crippen LogP contribution < -0.4 is 4.73 Å². The predicted octanol–water partition coefficient (Wildman–Crippen LogP) is 3.72. The van der Waals surface area contributed by atoms with Gasteiger partial charge in [-0.1, -0.05) is 6.07 Å². The van der Waals surface area contributed by atoms with E-state index in [2.05, 4.69) is 10.2 Å². The summed E-state index contributed by atoms with van der Waals surface area (Å²) in [6, 6.07) is 4.46. The van der Waals surface area contributed by atoms with Crippen LogP contribution >= 0.6 is 12.4 Å². The van der Waals surface area contributed by atoms with Gasteiger partial charge in [-0.3, -0.25) is 0 Å². The lowest BCUT2D eigenvalue weighted by atomic mass is 10.0. The zero-order valence-corrected chi connectivity index (χ0v) is 14.8. The average Bonchev–Trinajstić information content (AvgIpc) is 2.64. The largest absolute Gasteiger partial charge is 0.710 e. The highest BCUT2D eigenvalue weighted by Gasteiger charge is 2.50. The standard InChI is InChI=1S/C16H16F3N3O2.ClH/c1-14(2)11-12(15(3,4)24-14)22(23)13(21-20-11)9-6-5-7-10(8-9)16(17,18)19;/h5-8H,1-4H3;1H. The first-order valence-electron chi connectivity index (χ1n) is 7.32. The molecule has 1 aliphatic heterocycles. The van der Waals surface area contributed by atoms with Crippen LogP contribution in [0.2, 0.25) is 0 Å². The first kappa shape index (κ1) is 19.4. The third-order valence-corrected chi connectivity index (χ3v) is 3.96. The van der Waals surface area contributed by atoms with E-state index in [1.807, 2.05) is 0 Å². The molecule has 0 N–H and O–H groups in total. The molecule has 5 nitrogen and oxygen atoms in total. The van der Waals surface area contributed by atoms with E-state index in [0.29, 0.717) is 10.4 Å². The Balaban J connectivity index is 0.00000225. The molecule has 0 spiro atoms. The molecule has 0 atom stereocenters. The highest BCUT2D eigenvalue weighted by molar-refractivity contribution is 5.85. The summed E-state index contributed by atoms with van der Waals surface area (Å²) < 4.78 is 45.0. The number of aromatic nitrogens is 3. The maximum absolute atomic E-state index is 12.9. The lowest BCUT2D eigenvalue weighted by Crippen LogP contribution is -2.42. The van der Waals surface area contributed by atoms with Crippen LogP contribution in [0.5, 0.6) is 0 Å². The molecule has 0 saturated carbocycles. The molecular weight excluding hydrogens is 359 g/mol. The van der Waals surface area contributed by atoms with E-state index in [1.54, 1.807) is 27.7 Å². The fourth-order valence-corrected chi connectivity index (χ4v) is 3.07. The molecule has 9 heteroatoms. The molecule has 0 amide bonds. The van der Waals surface area contributed by atoms with Crippen molar-refractivity contribution in [1.82, 2.24) is 10.2 Å². The molecule has 25 heavy (non-hydrogen) atoms. The van der Waals surface area contributed by atoms with Crippen molar-refractivity contribution in [3.63, 3.8) is 0 Å². The van der Waals surface area contributed by atoms with E-state index >= 15 is 0 Å². The lowest BCUT2D eigenvalue weighted by molar-refractivity contribution is -0.612. The van der Waals surface area contributed by atoms with Gasteiger partial charge in [-0.15, -0.1) is 12.4 Å². The number of rotatable bonds is 1. The Bertz CT molecular complexity index is 823. The summed E-state index contributed by atoms with van der Waals surface area (Å²) in [5.74, 6) is -0.186. The van der Waals surface area contributed by atoms with Gasteiger partial charge >= 0.3 is 12.0 Å². The van der Waals surface area contributed by atoms with E-state index in [1.165, 1.54) is 12.1 Å². The topological polar surface area (TPSA) is 62.0 Å². The van der Waals surface area contributed by atoms with Crippen LogP contribution in [-0.4, -0.2) is 10.2 Å². The molecule has 1 aliphatic rings. The summed E-state index contributed by atoms with van der Waals surface area (Å²) in [6.07, 6.45) is -4.50. The Morgan fingerprint density at radius 1 is 1.08 bits per heavy atom. The summed E-state index contributed by atoms with van der Waals surface area (Å²) in [5.41, 5.74) is -1.88. The quantitative estimate of drug-likeness (QED) is 0.563. The summed E-state index contributed by atoms with van der Waals surface area (Å²) >= 11 is 0. The number of halogens is 4. The first-order valence-corrected chi connectivity index (χ1v) is 7.32. The van der Waals surface area contributed by atoms with Gasteiger partial charge in [-0.25, -0.2) is 4.73 Å². The zero-order valence-electron chi connectivity index (χ0n) is 14.0. The number of hydrogen-bond acceptors (Lipinski definition) is 4. The first-order chi connectivity index (χ1) is 10.9. The number of benzene rings is 1. The lowest BCUT2D eigenvalue weighted by Gasteiger charge is -2.23. The minimum absolute atomic E-state index is 0. The molecule has 0 unspecified atom stereocenters. The monoisotopic (exact) mass is 375 g/mol. The van der Waals surface area contributed by atoms with Crippen molar-refractivity contribution in [2.24, 2.45) is 0 Å². The van der Waals surface area contributed by atoms with Gasteiger partial charge in [0.25, 0.3) is 0 Å². The second-order valence-electron chi connectivity index (χ2n) is 6.72. The Morgan fingerprint density at radius 2 is 1.72 bits per heavy atom. The van der Waals surface area contributed by atoms with Gasteiger partial charge in [0.05, 0.1) is 16.2 Å². The van der Waals surface area contributed by atoms with E-state index in [-0.39, 0.29) is 29.5 Å². The third-order valence-electron chi connectivity index (χ3n) is 3.96. The molecule has 3 rings (SSSR count). The average molecular weight is 376 g/mol. The van der Waals surface area contributed by atoms with Crippen LogP contribution in [0.25, 0.3) is 11.4 Å². The Morgan fingerprint density at radius 3 is 2.32 bits per heavy atom. The number of nitrogens with zero attached hydrogens (tertiary/aromatic N) is 3. The van der Waals surface area contributed by atoms with Gasteiger partial charge in [-0.05, 0) is 51.0 Å². The summed E-state index contributed by atoms with van der Waals surface area (Å²) in [6.45, 7) is 6.96. The van der Waals surface area contributed by atoms with Crippen molar-refractivity contribution < 1.29 is 22.6 Å². The van der Waals surface area contributed by atoms with Crippen LogP contribution in [0.4, 0.5) is 13.2 Å². The molecule has 0 radical (unpaired) electrons. The van der Waals surface area contributed by atoms with Crippen molar-refractivity contribution in [3.8, 4) is 11.4 Å². The second-order valence-corrected chi connectivity index (χ2v) is 6.72. The van der Waals surface area contributed by atoms with E-state index in [0.717, 1.165) is 12.1 Å². The van der Waals surface area contributed by atoms with Crippen molar-refractivity contribution >= 4 is 12.4 Å². The van der Waals surface area contributed by atoms with Gasteiger partial charge in [0.2, 0.25) is 0 Å². The minimum Gasteiger partial charge on any atom is -0.710 e. The van der Waals surface area contributed by atoms with E-state index in [9.17, 15) is 18.4 Å². The fourth-order valence-electron chi connectivity index (χ4n) is 3.07. The molecule has 1 aromatic carbocycles. The van der Waals surface area contributed by atoms with Crippen LogP contribution in [-0.2, 0) is 22.1 Å². The Kier molecular flexibility index (Phi) is 4.51. The highest BCUT2D eigenvalue weighted by Crippen LogP contribution is 2.44. The van der Waals surface area contributed by atoms with Crippen molar-refractivity contribution in [3.05, 3.63) is 46.4 Å². The summed E-state index contributed by atoms with van der Waals surface area (Å²) in [7, 11) is 0. The number of fused-ring (bicyclic) bond motifs is 1. The third kappa shape index (κ3) is 3.16. The van der Waals surface area contributed by atoms with E-state index < -0.39 is 22.9 Å². The van der Waals surface area contributed by atoms with Gasteiger partial charge in [-0.2, -0.15) is 13.2 Å². The molecule has 2 heterocycles. The van der Waals surface area contributed by atoms with Crippen LogP contribution in [0.15, 0.2) is 24.3 Å². The minimum atomic E-state index is -4.50. The number of ether oxygens (including phenoxy) is 1. The van der Waals surface area contributed by atoms with Crippen LogP contribution in [0.3, 0.4) is 0 Å². The molecule has 0 fully saturated rings. The predicted molar refractivity (Wildman–Crippen MR) is 85.8 cm³/mol. The number of hydrogen-bond donors (Lipinski definition) is 0. The van der Waals surface area contributed by atoms with Crippen LogP contribution in [0, 0.1) is 5.21 Å². The van der Waals surface area contributed by atoms with Gasteiger partial charge in [0.15, 0.2) is 11.4 Å². The summed E-state index contributed by atoms with van der Waals surface area (Å²) in [4.78, 5) is 0. The molecule has 0 aliphatic carbocycles. The zero-order chi connectivity index (χ0) is 17.9. The van der Waals surface area contributed by atoms with Crippen LogP contribution in [0.1, 0.15) is 44.6 Å². The molecule has 136 valence electrons. The summed E-state index contributed by atoms with van der Waals surface area (Å²) in [5, 5.41) is 20.7. The maximum atomic E-state index is 12.9. The molecule has 1 aromatic heterocycles. The molecular formula is C16H17ClF3N3O2. The maximum Gasteiger partial charge on any atom is 0.416 e. The molecule has 0 bridgehead atoms. The fraction of sp³-hybridized carbons (Fsp3) is 0.438.